The summed E-state index contributed by atoms with van der Waals surface area (Å²) in [5, 5.41) is 12.0. The number of carbonyl (C=O) groups excluding carboxylic acids is 2. The number of hydrogen-bond donors (Lipinski definition) is 2. The molecule has 2 N–H and O–H groups in total. The first-order chi connectivity index (χ1) is 14.7. The van der Waals surface area contributed by atoms with Gasteiger partial charge in [0.2, 0.25) is 6.29 Å². The molecule has 2 rings (SSSR count). The standard InChI is InChI=1S/C23H26FNO6/c1-14(2)22(28)30-15(3)31-23(29)25-13-18(21(26)27)12-17-6-4-5-7-20(17)16-8-10-19(24)11-9-16/h4-11,14-15,18H,12-13H2,1-3H3,(H,25,29)(H,26,27)/t15-,18-/m0/s1. The van der Waals surface area contributed by atoms with Crippen LogP contribution in [-0.2, 0) is 25.5 Å². The van der Waals surface area contributed by atoms with Crippen LogP contribution in [0.5, 0.6) is 0 Å². The van der Waals surface area contributed by atoms with E-state index in [0.717, 1.165) is 16.7 Å². The Morgan fingerprint density at radius 3 is 2.26 bits per heavy atom. The molecule has 0 aromatic heterocycles. The zero-order valence-electron chi connectivity index (χ0n) is 17.6. The van der Waals surface area contributed by atoms with Crippen LogP contribution in [0, 0.1) is 17.7 Å². The highest BCUT2D eigenvalue weighted by atomic mass is 19.1. The molecule has 2 atom stereocenters. The topological polar surface area (TPSA) is 102 Å². The van der Waals surface area contributed by atoms with Crippen molar-refractivity contribution in [3.05, 3.63) is 59.9 Å². The average Bonchev–Trinajstić information content (AvgIpc) is 2.71. The third-order valence-electron chi connectivity index (χ3n) is 4.51. The number of carboxylic acid groups (broad SMARTS) is 1. The van der Waals surface area contributed by atoms with Crippen LogP contribution in [-0.4, -0.2) is 36.0 Å². The SMILES string of the molecule is CC(C)C(=O)O[C@H](C)OC(=O)NC[C@H](Cc1ccccc1-c1ccc(F)cc1)C(=O)O. The van der Waals surface area contributed by atoms with Gasteiger partial charge in [0.05, 0.1) is 11.8 Å². The predicted octanol–water partition coefficient (Wildman–Crippen LogP) is 4.01. The number of rotatable bonds is 9. The molecule has 0 aliphatic rings. The van der Waals surface area contributed by atoms with Crippen molar-refractivity contribution in [3.8, 4) is 11.1 Å². The van der Waals surface area contributed by atoms with Crippen LogP contribution in [0.1, 0.15) is 26.3 Å². The molecule has 7 nitrogen and oxygen atoms in total. The molecular formula is C23H26FNO6. The molecule has 31 heavy (non-hydrogen) atoms. The lowest BCUT2D eigenvalue weighted by Gasteiger charge is -2.18. The van der Waals surface area contributed by atoms with Crippen molar-refractivity contribution in [1.29, 1.82) is 0 Å². The van der Waals surface area contributed by atoms with Gasteiger partial charge in [-0.05, 0) is 35.2 Å². The second-order valence-electron chi connectivity index (χ2n) is 7.35. The highest BCUT2D eigenvalue weighted by molar-refractivity contribution is 5.75. The number of carbonyl (C=O) groups is 3. The fraction of sp³-hybridized carbons (Fsp3) is 0.348. The third kappa shape index (κ3) is 7.40. The van der Waals surface area contributed by atoms with E-state index >= 15 is 0 Å². The Morgan fingerprint density at radius 1 is 1.00 bits per heavy atom. The van der Waals surface area contributed by atoms with Gasteiger partial charge in [0.15, 0.2) is 0 Å². The smallest absolute Gasteiger partial charge is 0.410 e. The molecule has 0 saturated carbocycles. The van der Waals surface area contributed by atoms with E-state index in [-0.39, 0.29) is 24.7 Å². The number of amides is 1. The Balaban J connectivity index is 2.01. The highest BCUT2D eigenvalue weighted by Gasteiger charge is 2.22. The number of halogens is 1. The second-order valence-corrected chi connectivity index (χ2v) is 7.35. The van der Waals surface area contributed by atoms with Crippen LogP contribution in [0.15, 0.2) is 48.5 Å². The lowest BCUT2D eigenvalue weighted by molar-refractivity contribution is -0.168. The van der Waals surface area contributed by atoms with Crippen LogP contribution in [0.4, 0.5) is 9.18 Å². The van der Waals surface area contributed by atoms with Crippen LogP contribution < -0.4 is 5.32 Å². The Bertz CT molecular complexity index is 913. The van der Waals surface area contributed by atoms with E-state index in [4.69, 9.17) is 9.47 Å². The molecule has 1 amide bonds. The zero-order chi connectivity index (χ0) is 23.0. The van der Waals surface area contributed by atoms with Crippen molar-refractivity contribution in [1.82, 2.24) is 5.32 Å². The Labute approximate surface area is 180 Å². The molecule has 0 spiro atoms. The van der Waals surface area contributed by atoms with E-state index in [1.165, 1.54) is 19.1 Å². The van der Waals surface area contributed by atoms with Gasteiger partial charge >= 0.3 is 18.0 Å². The van der Waals surface area contributed by atoms with Crippen LogP contribution in [0.25, 0.3) is 11.1 Å². The summed E-state index contributed by atoms with van der Waals surface area (Å²) in [5.74, 6) is -3.26. The Kier molecular flexibility index (Phi) is 8.54. The molecule has 0 unspecified atom stereocenters. The van der Waals surface area contributed by atoms with Crippen molar-refractivity contribution in [2.24, 2.45) is 11.8 Å². The number of hydrogen-bond acceptors (Lipinski definition) is 5. The van der Waals surface area contributed by atoms with Gasteiger partial charge in [-0.25, -0.2) is 9.18 Å². The van der Waals surface area contributed by atoms with E-state index in [9.17, 15) is 23.9 Å². The highest BCUT2D eigenvalue weighted by Crippen LogP contribution is 2.26. The maximum Gasteiger partial charge on any atom is 0.410 e. The van der Waals surface area contributed by atoms with Gasteiger partial charge in [-0.15, -0.1) is 0 Å². The molecule has 2 aromatic carbocycles. The molecule has 0 heterocycles. The number of esters is 1. The van der Waals surface area contributed by atoms with Crippen molar-refractivity contribution >= 4 is 18.0 Å². The van der Waals surface area contributed by atoms with Crippen LogP contribution in [0.3, 0.4) is 0 Å². The predicted molar refractivity (Wildman–Crippen MR) is 112 cm³/mol. The number of alkyl carbamates (subject to hydrolysis) is 1. The van der Waals surface area contributed by atoms with Crippen molar-refractivity contribution in [3.63, 3.8) is 0 Å². The Morgan fingerprint density at radius 2 is 1.65 bits per heavy atom. The third-order valence-corrected chi connectivity index (χ3v) is 4.51. The lowest BCUT2D eigenvalue weighted by atomic mass is 9.92. The van der Waals surface area contributed by atoms with Gasteiger partial charge in [-0.1, -0.05) is 50.2 Å². The van der Waals surface area contributed by atoms with Gasteiger partial charge in [0, 0.05) is 13.5 Å². The summed E-state index contributed by atoms with van der Waals surface area (Å²) in [7, 11) is 0. The molecular weight excluding hydrogens is 405 g/mol. The first-order valence-electron chi connectivity index (χ1n) is 9.89. The summed E-state index contributed by atoms with van der Waals surface area (Å²) in [5.41, 5.74) is 2.29. The fourth-order valence-electron chi connectivity index (χ4n) is 2.84. The quantitative estimate of drug-likeness (QED) is 0.460. The maximum atomic E-state index is 13.2. The van der Waals surface area contributed by atoms with E-state index in [0.29, 0.717) is 0 Å². The summed E-state index contributed by atoms with van der Waals surface area (Å²) in [6, 6.07) is 13.1. The molecule has 0 radical (unpaired) electrons. The monoisotopic (exact) mass is 431 g/mol. The molecule has 166 valence electrons. The van der Waals surface area contributed by atoms with Crippen molar-refractivity contribution in [2.45, 2.75) is 33.5 Å². The van der Waals surface area contributed by atoms with Gasteiger partial charge < -0.3 is 19.9 Å². The Hall–Kier alpha value is -3.42. The molecule has 0 bridgehead atoms. The second kappa shape index (κ2) is 11.1. The van der Waals surface area contributed by atoms with Crippen LogP contribution in [0.2, 0.25) is 0 Å². The summed E-state index contributed by atoms with van der Waals surface area (Å²) in [6.07, 6.45) is -1.85. The summed E-state index contributed by atoms with van der Waals surface area (Å²) in [6.45, 7) is 4.51. The summed E-state index contributed by atoms with van der Waals surface area (Å²) >= 11 is 0. The first kappa shape index (κ1) is 23.9. The molecule has 0 aliphatic carbocycles. The number of ether oxygens (including phenoxy) is 2. The van der Waals surface area contributed by atoms with Crippen molar-refractivity contribution < 1.29 is 33.4 Å². The van der Waals surface area contributed by atoms with Gasteiger partial charge in [-0.2, -0.15) is 0 Å². The minimum atomic E-state index is -1.10. The first-order valence-corrected chi connectivity index (χ1v) is 9.89. The fourth-order valence-corrected chi connectivity index (χ4v) is 2.84. The van der Waals surface area contributed by atoms with E-state index in [1.807, 2.05) is 12.1 Å². The van der Waals surface area contributed by atoms with E-state index in [1.54, 1.807) is 38.1 Å². The minimum absolute atomic E-state index is 0.140. The van der Waals surface area contributed by atoms with Gasteiger partial charge in [0.1, 0.15) is 5.82 Å². The molecule has 2 aromatic rings. The molecule has 0 aliphatic heterocycles. The van der Waals surface area contributed by atoms with E-state index < -0.39 is 30.2 Å². The van der Waals surface area contributed by atoms with Crippen molar-refractivity contribution in [2.75, 3.05) is 6.54 Å². The molecule has 0 saturated heterocycles. The number of aliphatic carboxylic acids is 1. The van der Waals surface area contributed by atoms with Gasteiger partial charge in [-0.3, -0.25) is 9.59 Å². The normalized spacial score (nSPS) is 12.7. The summed E-state index contributed by atoms with van der Waals surface area (Å²) in [4.78, 5) is 35.2. The van der Waals surface area contributed by atoms with Crippen LogP contribution >= 0.6 is 0 Å². The number of nitrogens with one attached hydrogen (secondary N) is 1. The number of benzene rings is 2. The minimum Gasteiger partial charge on any atom is -0.481 e. The lowest BCUT2D eigenvalue weighted by Crippen LogP contribution is -2.36. The average molecular weight is 431 g/mol. The van der Waals surface area contributed by atoms with Gasteiger partial charge in [0.25, 0.3) is 0 Å². The maximum absolute atomic E-state index is 13.2. The summed E-state index contributed by atoms with van der Waals surface area (Å²) < 4.78 is 23.1. The largest absolute Gasteiger partial charge is 0.481 e. The molecule has 0 fully saturated rings. The zero-order valence-corrected chi connectivity index (χ0v) is 17.6. The van der Waals surface area contributed by atoms with E-state index in [2.05, 4.69) is 5.32 Å². The molecule has 8 heteroatoms. The number of carboxylic acids is 1.